The molecule has 3 rings (SSSR count). The number of nitro benzene ring substituents is 1. The topological polar surface area (TPSA) is 65.3 Å². The van der Waals surface area contributed by atoms with Crippen LogP contribution in [0.5, 0.6) is 5.75 Å². The average Bonchev–Trinajstić information content (AvgIpc) is 2.95. The smallest absolute Gasteiger partial charge is 0.270 e. The molecule has 3 aromatic rings. The number of nitrogens with zero attached hydrogens (tertiary/aromatic N) is 2. The summed E-state index contributed by atoms with van der Waals surface area (Å²) in [5.74, 6) is 1.60. The number of hydrogen-bond acceptors (Lipinski definition) is 6. The summed E-state index contributed by atoms with van der Waals surface area (Å²) in [6, 6.07) is 12.6. The standard InChI is InChI=1S/C15H12N2O3S2/c1-20-13-5-3-2-4-10(13)9-21-15-16-12-7-6-11(17(18)19)8-14(12)22-15/h2-8H,9H2,1H3. The van der Waals surface area contributed by atoms with E-state index >= 15 is 0 Å². The number of non-ortho nitro benzene ring substituents is 1. The molecule has 0 aliphatic rings. The Morgan fingerprint density at radius 3 is 2.91 bits per heavy atom. The van der Waals surface area contributed by atoms with Crippen molar-refractivity contribution >= 4 is 39.0 Å². The van der Waals surface area contributed by atoms with E-state index in [0.717, 1.165) is 31.6 Å². The zero-order valence-corrected chi connectivity index (χ0v) is 13.3. The molecule has 5 nitrogen and oxygen atoms in total. The Bertz CT molecular complexity index is 833. The second kappa shape index (κ2) is 6.33. The normalized spacial score (nSPS) is 10.8. The van der Waals surface area contributed by atoms with Crippen LogP contribution in [0.3, 0.4) is 0 Å². The third-order valence-corrected chi connectivity index (χ3v) is 5.32. The summed E-state index contributed by atoms with van der Waals surface area (Å²) < 4.78 is 7.05. The van der Waals surface area contributed by atoms with E-state index in [2.05, 4.69) is 4.98 Å². The molecule has 0 spiro atoms. The van der Waals surface area contributed by atoms with Gasteiger partial charge in [-0.3, -0.25) is 10.1 Å². The molecule has 1 aromatic heterocycles. The molecule has 0 fully saturated rings. The number of ether oxygens (including phenoxy) is 1. The summed E-state index contributed by atoms with van der Waals surface area (Å²) in [7, 11) is 1.65. The largest absolute Gasteiger partial charge is 0.496 e. The van der Waals surface area contributed by atoms with Gasteiger partial charge in [-0.2, -0.15) is 0 Å². The highest BCUT2D eigenvalue weighted by Crippen LogP contribution is 2.34. The first-order valence-corrected chi connectivity index (χ1v) is 8.27. The highest BCUT2D eigenvalue weighted by Gasteiger charge is 2.11. The molecule has 0 radical (unpaired) electrons. The van der Waals surface area contributed by atoms with Gasteiger partial charge in [-0.05, 0) is 12.1 Å². The third kappa shape index (κ3) is 3.05. The number of rotatable bonds is 5. The van der Waals surface area contributed by atoms with Gasteiger partial charge < -0.3 is 4.74 Å². The predicted octanol–water partition coefficient (Wildman–Crippen LogP) is 4.51. The fraction of sp³-hybridized carbons (Fsp3) is 0.133. The second-order valence-corrected chi connectivity index (χ2v) is 6.74. The lowest BCUT2D eigenvalue weighted by Crippen LogP contribution is -1.89. The van der Waals surface area contributed by atoms with Crippen molar-refractivity contribution in [2.24, 2.45) is 0 Å². The van der Waals surface area contributed by atoms with Crippen LogP contribution in [0.1, 0.15) is 5.56 Å². The number of aromatic nitrogens is 1. The Kier molecular flexibility index (Phi) is 4.26. The summed E-state index contributed by atoms with van der Waals surface area (Å²) >= 11 is 3.07. The van der Waals surface area contributed by atoms with E-state index in [0.29, 0.717) is 0 Å². The van der Waals surface area contributed by atoms with Gasteiger partial charge in [0, 0.05) is 23.4 Å². The molecule has 0 saturated carbocycles. The van der Waals surface area contributed by atoms with Crippen molar-refractivity contribution in [1.82, 2.24) is 4.98 Å². The minimum absolute atomic E-state index is 0.0948. The highest BCUT2D eigenvalue weighted by atomic mass is 32.2. The van der Waals surface area contributed by atoms with Gasteiger partial charge in [0.2, 0.25) is 0 Å². The quantitative estimate of drug-likeness (QED) is 0.391. The first-order chi connectivity index (χ1) is 10.7. The van der Waals surface area contributed by atoms with Crippen molar-refractivity contribution in [3.8, 4) is 5.75 Å². The van der Waals surface area contributed by atoms with Gasteiger partial charge in [0.05, 0.1) is 22.2 Å². The van der Waals surface area contributed by atoms with Gasteiger partial charge in [0.25, 0.3) is 5.69 Å². The summed E-state index contributed by atoms with van der Waals surface area (Å²) in [5, 5.41) is 10.8. The second-order valence-electron chi connectivity index (χ2n) is 4.49. The lowest BCUT2D eigenvalue weighted by molar-refractivity contribution is -0.384. The van der Waals surface area contributed by atoms with Gasteiger partial charge in [0.1, 0.15) is 5.75 Å². The van der Waals surface area contributed by atoms with Crippen LogP contribution < -0.4 is 4.74 Å². The lowest BCUT2D eigenvalue weighted by Gasteiger charge is -2.06. The molecular formula is C15H12N2O3S2. The molecule has 0 bridgehead atoms. The van der Waals surface area contributed by atoms with Crippen molar-refractivity contribution in [2.75, 3.05) is 7.11 Å². The fourth-order valence-electron chi connectivity index (χ4n) is 2.03. The van der Waals surface area contributed by atoms with Crippen molar-refractivity contribution in [1.29, 1.82) is 0 Å². The minimum Gasteiger partial charge on any atom is -0.496 e. The van der Waals surface area contributed by atoms with E-state index in [4.69, 9.17) is 4.74 Å². The third-order valence-electron chi connectivity index (χ3n) is 3.11. The predicted molar refractivity (Wildman–Crippen MR) is 88.8 cm³/mol. The lowest BCUT2D eigenvalue weighted by atomic mass is 10.2. The molecule has 7 heteroatoms. The molecule has 1 heterocycles. The molecule has 2 aromatic carbocycles. The molecule has 0 N–H and O–H groups in total. The molecule has 0 aliphatic carbocycles. The van der Waals surface area contributed by atoms with Crippen LogP contribution in [0.4, 0.5) is 5.69 Å². The van der Waals surface area contributed by atoms with Crippen LogP contribution in [-0.4, -0.2) is 17.0 Å². The first-order valence-electron chi connectivity index (χ1n) is 6.47. The molecule has 0 atom stereocenters. The van der Waals surface area contributed by atoms with Gasteiger partial charge in [-0.1, -0.05) is 30.0 Å². The number of para-hydroxylation sites is 1. The van der Waals surface area contributed by atoms with Crippen molar-refractivity contribution in [3.63, 3.8) is 0 Å². The maximum atomic E-state index is 10.8. The number of thioether (sulfide) groups is 1. The number of methoxy groups -OCH3 is 1. The average molecular weight is 332 g/mol. The van der Waals surface area contributed by atoms with Crippen LogP contribution in [0, 0.1) is 10.1 Å². The molecule has 0 aliphatic heterocycles. The van der Waals surface area contributed by atoms with E-state index in [1.807, 2.05) is 24.3 Å². The molecule has 22 heavy (non-hydrogen) atoms. The number of thiazole rings is 1. The summed E-state index contributed by atoms with van der Waals surface area (Å²) in [6.45, 7) is 0. The van der Waals surface area contributed by atoms with E-state index in [-0.39, 0.29) is 10.6 Å². The Hall–Kier alpha value is -2.12. The van der Waals surface area contributed by atoms with E-state index in [1.165, 1.54) is 17.4 Å². The molecule has 0 saturated heterocycles. The Morgan fingerprint density at radius 1 is 1.32 bits per heavy atom. The van der Waals surface area contributed by atoms with E-state index in [9.17, 15) is 10.1 Å². The minimum atomic E-state index is -0.388. The number of hydrogen-bond donors (Lipinski definition) is 0. The van der Waals surface area contributed by atoms with Gasteiger partial charge in [-0.15, -0.1) is 11.3 Å². The first kappa shape index (κ1) is 14.8. The summed E-state index contributed by atoms with van der Waals surface area (Å²) in [5.41, 5.74) is 1.98. The fourth-order valence-corrected chi connectivity index (χ4v) is 4.12. The van der Waals surface area contributed by atoms with Gasteiger partial charge >= 0.3 is 0 Å². The van der Waals surface area contributed by atoms with Crippen LogP contribution >= 0.6 is 23.1 Å². The van der Waals surface area contributed by atoms with Crippen LogP contribution in [0.2, 0.25) is 0 Å². The zero-order valence-electron chi connectivity index (χ0n) is 11.7. The Balaban J connectivity index is 1.81. The Labute approximate surface area is 135 Å². The molecule has 0 amide bonds. The van der Waals surface area contributed by atoms with Crippen LogP contribution in [0.25, 0.3) is 10.2 Å². The number of nitro groups is 1. The number of benzene rings is 2. The van der Waals surface area contributed by atoms with Gasteiger partial charge in [0.15, 0.2) is 4.34 Å². The van der Waals surface area contributed by atoms with Crippen LogP contribution in [-0.2, 0) is 5.75 Å². The highest BCUT2D eigenvalue weighted by molar-refractivity contribution is 8.00. The monoisotopic (exact) mass is 332 g/mol. The SMILES string of the molecule is COc1ccccc1CSc1nc2ccc([N+](=O)[O-])cc2s1. The van der Waals surface area contributed by atoms with E-state index < -0.39 is 0 Å². The Morgan fingerprint density at radius 2 is 2.14 bits per heavy atom. The van der Waals surface area contributed by atoms with Crippen molar-refractivity contribution in [3.05, 3.63) is 58.1 Å². The molecule has 112 valence electrons. The van der Waals surface area contributed by atoms with E-state index in [1.54, 1.807) is 31.0 Å². The van der Waals surface area contributed by atoms with Crippen molar-refractivity contribution in [2.45, 2.75) is 10.1 Å². The summed E-state index contributed by atoms with van der Waals surface area (Å²) in [4.78, 5) is 14.9. The number of fused-ring (bicyclic) bond motifs is 1. The zero-order chi connectivity index (χ0) is 15.5. The van der Waals surface area contributed by atoms with Crippen LogP contribution in [0.15, 0.2) is 46.8 Å². The van der Waals surface area contributed by atoms with Gasteiger partial charge in [-0.25, -0.2) is 4.98 Å². The molecular weight excluding hydrogens is 320 g/mol. The van der Waals surface area contributed by atoms with Crippen molar-refractivity contribution < 1.29 is 9.66 Å². The maximum absolute atomic E-state index is 10.8. The molecule has 0 unspecified atom stereocenters. The summed E-state index contributed by atoms with van der Waals surface area (Å²) in [6.07, 6.45) is 0. The maximum Gasteiger partial charge on any atom is 0.270 e.